The van der Waals surface area contributed by atoms with Gasteiger partial charge in [0.25, 0.3) is 0 Å². The fraction of sp³-hybridized carbons (Fsp3) is 0.923. The number of rotatable bonds is 4. The zero-order chi connectivity index (χ0) is 13.1. The molecule has 0 bridgehead atoms. The maximum atomic E-state index is 11.9. The smallest absolute Gasteiger partial charge is 0.239 e. The average Bonchev–Trinajstić information content (AvgIpc) is 2.33. The van der Waals surface area contributed by atoms with Crippen molar-refractivity contribution in [1.82, 2.24) is 10.2 Å². The summed E-state index contributed by atoms with van der Waals surface area (Å²) in [6.07, 6.45) is 1.06. The van der Waals surface area contributed by atoms with E-state index in [2.05, 4.69) is 37.9 Å². The Bertz CT molecular complexity index is 264. The molecule has 1 saturated heterocycles. The van der Waals surface area contributed by atoms with E-state index in [0.717, 1.165) is 19.5 Å². The van der Waals surface area contributed by atoms with Gasteiger partial charge in [-0.1, -0.05) is 27.7 Å². The van der Waals surface area contributed by atoms with E-state index in [9.17, 15) is 9.90 Å². The van der Waals surface area contributed by atoms with Crippen molar-refractivity contribution >= 4 is 5.91 Å². The molecule has 1 unspecified atom stereocenters. The molecule has 0 aromatic carbocycles. The predicted molar refractivity (Wildman–Crippen MR) is 68.7 cm³/mol. The van der Waals surface area contributed by atoms with Crippen LogP contribution in [0, 0.1) is 11.3 Å². The maximum absolute atomic E-state index is 11.9. The summed E-state index contributed by atoms with van der Waals surface area (Å²) >= 11 is 0. The molecule has 4 heteroatoms. The van der Waals surface area contributed by atoms with E-state index in [1.54, 1.807) is 0 Å². The molecule has 0 aliphatic carbocycles. The van der Waals surface area contributed by atoms with Gasteiger partial charge >= 0.3 is 0 Å². The first kappa shape index (κ1) is 14.5. The highest BCUT2D eigenvalue weighted by atomic mass is 16.3. The second-order valence-corrected chi connectivity index (χ2v) is 6.23. The van der Waals surface area contributed by atoms with Gasteiger partial charge in [-0.05, 0) is 24.3 Å². The molecule has 2 N–H and O–H groups in total. The van der Waals surface area contributed by atoms with Crippen molar-refractivity contribution in [2.45, 2.75) is 40.2 Å². The van der Waals surface area contributed by atoms with Crippen LogP contribution in [0.1, 0.15) is 34.1 Å². The van der Waals surface area contributed by atoms with Crippen LogP contribution in [0.25, 0.3) is 0 Å². The number of carbonyl (C=O) groups is 1. The minimum absolute atomic E-state index is 0.0400. The van der Waals surface area contributed by atoms with Crippen LogP contribution >= 0.6 is 0 Å². The molecule has 1 atom stereocenters. The first-order valence-corrected chi connectivity index (χ1v) is 6.48. The van der Waals surface area contributed by atoms with Crippen LogP contribution in [0.15, 0.2) is 0 Å². The summed E-state index contributed by atoms with van der Waals surface area (Å²) in [5, 5.41) is 12.3. The van der Waals surface area contributed by atoms with Crippen molar-refractivity contribution in [3.05, 3.63) is 0 Å². The molecule has 4 nitrogen and oxygen atoms in total. The Hall–Kier alpha value is -0.610. The van der Waals surface area contributed by atoms with Crippen LogP contribution in [0.2, 0.25) is 0 Å². The van der Waals surface area contributed by atoms with Gasteiger partial charge in [0, 0.05) is 13.1 Å². The molecular weight excluding hydrogens is 216 g/mol. The Balaban J connectivity index is 2.74. The molecule has 0 radical (unpaired) electrons. The lowest BCUT2D eigenvalue weighted by Crippen LogP contribution is -2.47. The summed E-state index contributed by atoms with van der Waals surface area (Å²) in [6, 6.07) is -0.379. The third kappa shape index (κ3) is 4.28. The normalized spacial score (nSPS) is 25.8. The van der Waals surface area contributed by atoms with Crippen molar-refractivity contribution < 1.29 is 9.90 Å². The van der Waals surface area contributed by atoms with E-state index in [0.29, 0.717) is 12.5 Å². The summed E-state index contributed by atoms with van der Waals surface area (Å²) in [7, 11) is 0. The largest absolute Gasteiger partial charge is 0.394 e. The Morgan fingerprint density at radius 1 is 1.53 bits per heavy atom. The summed E-state index contributed by atoms with van der Waals surface area (Å²) in [4.78, 5) is 14.0. The van der Waals surface area contributed by atoms with Gasteiger partial charge in [-0.15, -0.1) is 0 Å². The SMILES string of the molecule is CC(C)CCN1CC(C)(C)CNC(=O)C1CO. The first-order chi connectivity index (χ1) is 7.85. The Labute approximate surface area is 104 Å². The molecule has 100 valence electrons. The minimum Gasteiger partial charge on any atom is -0.394 e. The third-order valence-electron chi connectivity index (χ3n) is 3.28. The van der Waals surface area contributed by atoms with Gasteiger partial charge in [-0.2, -0.15) is 0 Å². The lowest BCUT2D eigenvalue weighted by Gasteiger charge is -2.32. The van der Waals surface area contributed by atoms with Gasteiger partial charge < -0.3 is 10.4 Å². The summed E-state index contributed by atoms with van der Waals surface area (Å²) in [6.45, 7) is 11.0. The predicted octanol–water partition coefficient (Wildman–Crippen LogP) is 0.851. The van der Waals surface area contributed by atoms with E-state index in [1.807, 2.05) is 0 Å². The van der Waals surface area contributed by atoms with Gasteiger partial charge in [-0.25, -0.2) is 0 Å². The van der Waals surface area contributed by atoms with Crippen LogP contribution in [-0.2, 0) is 4.79 Å². The fourth-order valence-corrected chi connectivity index (χ4v) is 2.18. The molecule has 1 rings (SSSR count). The summed E-state index contributed by atoms with van der Waals surface area (Å²) in [5.41, 5.74) is 0.0660. The van der Waals surface area contributed by atoms with Crippen molar-refractivity contribution in [3.63, 3.8) is 0 Å². The molecular formula is C13H26N2O2. The standard InChI is InChI=1S/C13H26N2O2/c1-10(2)5-6-15-9-13(3,4)8-14-12(17)11(15)7-16/h10-11,16H,5-9H2,1-4H3,(H,14,17). The number of aliphatic hydroxyl groups excluding tert-OH is 1. The zero-order valence-corrected chi connectivity index (χ0v) is 11.5. The topological polar surface area (TPSA) is 52.6 Å². The van der Waals surface area contributed by atoms with Crippen molar-refractivity contribution in [3.8, 4) is 0 Å². The molecule has 1 aliphatic heterocycles. The number of nitrogens with zero attached hydrogens (tertiary/aromatic N) is 1. The summed E-state index contributed by atoms with van der Waals surface area (Å²) < 4.78 is 0. The number of aliphatic hydroxyl groups is 1. The molecule has 1 heterocycles. The molecule has 0 aromatic heterocycles. The maximum Gasteiger partial charge on any atom is 0.239 e. The third-order valence-corrected chi connectivity index (χ3v) is 3.28. The van der Waals surface area contributed by atoms with E-state index in [4.69, 9.17) is 0 Å². The molecule has 0 spiro atoms. The van der Waals surface area contributed by atoms with Gasteiger partial charge in [0.05, 0.1) is 6.61 Å². The van der Waals surface area contributed by atoms with Gasteiger partial charge in [0.2, 0.25) is 5.91 Å². The monoisotopic (exact) mass is 242 g/mol. The highest BCUT2D eigenvalue weighted by molar-refractivity contribution is 5.82. The summed E-state index contributed by atoms with van der Waals surface area (Å²) in [5.74, 6) is 0.575. The zero-order valence-electron chi connectivity index (χ0n) is 11.5. The Morgan fingerprint density at radius 2 is 2.18 bits per heavy atom. The highest BCUT2D eigenvalue weighted by Crippen LogP contribution is 2.21. The first-order valence-electron chi connectivity index (χ1n) is 6.48. The number of amides is 1. The average molecular weight is 242 g/mol. The van der Waals surface area contributed by atoms with Crippen molar-refractivity contribution in [2.24, 2.45) is 11.3 Å². The minimum atomic E-state index is -0.379. The van der Waals surface area contributed by atoms with E-state index >= 15 is 0 Å². The molecule has 0 saturated carbocycles. The van der Waals surface area contributed by atoms with Crippen LogP contribution < -0.4 is 5.32 Å². The highest BCUT2D eigenvalue weighted by Gasteiger charge is 2.34. The number of carbonyl (C=O) groups excluding carboxylic acids is 1. The van der Waals surface area contributed by atoms with Crippen LogP contribution in [0.3, 0.4) is 0 Å². The second kappa shape index (κ2) is 5.83. The van der Waals surface area contributed by atoms with Crippen LogP contribution in [0.5, 0.6) is 0 Å². The quantitative estimate of drug-likeness (QED) is 0.768. The molecule has 1 amide bonds. The second-order valence-electron chi connectivity index (χ2n) is 6.23. The molecule has 0 aromatic rings. The molecule has 1 fully saturated rings. The van der Waals surface area contributed by atoms with Crippen LogP contribution in [-0.4, -0.2) is 48.2 Å². The van der Waals surface area contributed by atoms with Gasteiger partial charge in [0.1, 0.15) is 6.04 Å². The van der Waals surface area contributed by atoms with Gasteiger partial charge in [-0.3, -0.25) is 9.69 Å². The number of nitrogens with one attached hydrogen (secondary N) is 1. The lowest BCUT2D eigenvalue weighted by molar-refractivity contribution is -0.126. The van der Waals surface area contributed by atoms with E-state index in [-0.39, 0.29) is 24.0 Å². The Kier molecular flexibility index (Phi) is 4.95. The van der Waals surface area contributed by atoms with Crippen molar-refractivity contribution in [2.75, 3.05) is 26.2 Å². The van der Waals surface area contributed by atoms with E-state index in [1.165, 1.54) is 0 Å². The van der Waals surface area contributed by atoms with E-state index < -0.39 is 0 Å². The number of hydrogen-bond donors (Lipinski definition) is 2. The fourth-order valence-electron chi connectivity index (χ4n) is 2.18. The number of hydrogen-bond acceptors (Lipinski definition) is 3. The molecule has 17 heavy (non-hydrogen) atoms. The Morgan fingerprint density at radius 3 is 2.71 bits per heavy atom. The van der Waals surface area contributed by atoms with Crippen molar-refractivity contribution in [1.29, 1.82) is 0 Å². The molecule has 1 aliphatic rings. The lowest BCUT2D eigenvalue weighted by atomic mass is 9.93. The van der Waals surface area contributed by atoms with Crippen LogP contribution in [0.4, 0.5) is 0 Å². The van der Waals surface area contributed by atoms with Gasteiger partial charge in [0.15, 0.2) is 0 Å².